The predicted octanol–water partition coefficient (Wildman–Crippen LogP) is 2.17. The van der Waals surface area contributed by atoms with E-state index in [0.717, 1.165) is 17.9 Å². The first kappa shape index (κ1) is 16.3. The van der Waals surface area contributed by atoms with Crippen LogP contribution in [0.15, 0.2) is 17.5 Å². The monoisotopic (exact) mass is 334 g/mol. The van der Waals surface area contributed by atoms with E-state index in [1.165, 1.54) is 4.88 Å². The molecule has 4 nitrogen and oxygen atoms in total. The minimum absolute atomic E-state index is 0.194. The van der Waals surface area contributed by atoms with E-state index in [9.17, 15) is 8.42 Å². The normalized spacial score (nSPS) is 19.1. The first-order valence-electron chi connectivity index (χ1n) is 6.96. The number of nitrogens with zero attached hydrogens (tertiary/aromatic N) is 1. The average Bonchev–Trinajstić information content (AvgIpc) is 2.98. The van der Waals surface area contributed by atoms with Crippen LogP contribution in [0.2, 0.25) is 0 Å². The molecule has 2 heterocycles. The van der Waals surface area contributed by atoms with Crippen LogP contribution in [-0.4, -0.2) is 49.6 Å². The Morgan fingerprint density at radius 3 is 2.75 bits per heavy atom. The van der Waals surface area contributed by atoms with Gasteiger partial charge in [0.1, 0.15) is 0 Å². The highest BCUT2D eigenvalue weighted by Crippen LogP contribution is 2.21. The summed E-state index contributed by atoms with van der Waals surface area (Å²) < 4.78 is 26.1. The second-order valence-corrected chi connectivity index (χ2v) is 9.05. The molecule has 0 aliphatic carbocycles. The van der Waals surface area contributed by atoms with Crippen LogP contribution in [0.1, 0.15) is 24.3 Å². The number of hydrogen-bond acceptors (Lipinski definition) is 5. The molecule has 114 valence electrons. The molecular formula is C13H22N2O2S3. The number of rotatable bonds is 7. The Labute approximate surface area is 130 Å². The van der Waals surface area contributed by atoms with Crippen LogP contribution < -0.4 is 5.32 Å². The smallest absolute Gasteiger partial charge is 0.215 e. The molecule has 0 aromatic carbocycles. The summed E-state index contributed by atoms with van der Waals surface area (Å²) in [6, 6.07) is 4.40. The lowest BCUT2D eigenvalue weighted by atomic mass is 10.2. The summed E-state index contributed by atoms with van der Waals surface area (Å²) in [6.07, 6.45) is 0.973. The van der Waals surface area contributed by atoms with Crippen molar-refractivity contribution >= 4 is 33.1 Å². The number of sulfonamides is 1. The van der Waals surface area contributed by atoms with E-state index in [-0.39, 0.29) is 11.8 Å². The maximum Gasteiger partial charge on any atom is 0.215 e. The molecule has 0 bridgehead atoms. The van der Waals surface area contributed by atoms with E-state index in [2.05, 4.69) is 23.7 Å². The van der Waals surface area contributed by atoms with Crippen LogP contribution in [0.25, 0.3) is 0 Å². The summed E-state index contributed by atoms with van der Waals surface area (Å²) in [5.41, 5.74) is 0. The van der Waals surface area contributed by atoms with Crippen LogP contribution in [0.3, 0.4) is 0 Å². The van der Waals surface area contributed by atoms with Crippen LogP contribution in [0, 0.1) is 0 Å². The van der Waals surface area contributed by atoms with Crippen molar-refractivity contribution in [3.8, 4) is 0 Å². The van der Waals surface area contributed by atoms with Crippen molar-refractivity contribution in [1.29, 1.82) is 0 Å². The maximum absolute atomic E-state index is 12.2. The minimum Gasteiger partial charge on any atom is -0.308 e. The van der Waals surface area contributed by atoms with Crippen molar-refractivity contribution < 1.29 is 8.42 Å². The summed E-state index contributed by atoms with van der Waals surface area (Å²) in [7, 11) is -3.10. The summed E-state index contributed by atoms with van der Waals surface area (Å²) in [5.74, 6) is 2.03. The topological polar surface area (TPSA) is 49.4 Å². The zero-order valence-electron chi connectivity index (χ0n) is 11.7. The fourth-order valence-electron chi connectivity index (χ4n) is 2.25. The highest BCUT2D eigenvalue weighted by molar-refractivity contribution is 7.99. The Morgan fingerprint density at radius 1 is 1.40 bits per heavy atom. The Balaban J connectivity index is 1.82. The highest BCUT2D eigenvalue weighted by atomic mass is 32.2. The van der Waals surface area contributed by atoms with Crippen molar-refractivity contribution in [2.75, 3.05) is 36.9 Å². The molecule has 0 radical (unpaired) electrons. The van der Waals surface area contributed by atoms with Gasteiger partial charge in [0.15, 0.2) is 0 Å². The van der Waals surface area contributed by atoms with E-state index in [0.29, 0.717) is 19.6 Å². The minimum atomic E-state index is -3.10. The van der Waals surface area contributed by atoms with Gasteiger partial charge in [-0.2, -0.15) is 11.8 Å². The Morgan fingerprint density at radius 2 is 2.15 bits per heavy atom. The van der Waals surface area contributed by atoms with Gasteiger partial charge in [0.2, 0.25) is 10.0 Å². The van der Waals surface area contributed by atoms with Gasteiger partial charge in [0.25, 0.3) is 0 Å². The van der Waals surface area contributed by atoms with Crippen molar-refractivity contribution in [3.05, 3.63) is 22.4 Å². The third-order valence-electron chi connectivity index (χ3n) is 3.41. The number of thioether (sulfide) groups is 1. The quantitative estimate of drug-likeness (QED) is 0.830. The van der Waals surface area contributed by atoms with E-state index in [1.54, 1.807) is 15.6 Å². The second kappa shape index (κ2) is 7.79. The Bertz CT molecular complexity index is 482. The summed E-state index contributed by atoms with van der Waals surface area (Å²) in [5, 5.41) is 5.42. The lowest BCUT2D eigenvalue weighted by Gasteiger charge is -2.26. The molecule has 20 heavy (non-hydrogen) atoms. The van der Waals surface area contributed by atoms with Gasteiger partial charge in [-0.3, -0.25) is 0 Å². The molecule has 1 saturated heterocycles. The molecule has 1 aliphatic rings. The fraction of sp³-hybridized carbons (Fsp3) is 0.692. The molecule has 1 aromatic rings. The molecular weight excluding hydrogens is 312 g/mol. The van der Waals surface area contributed by atoms with Crippen LogP contribution in [0.5, 0.6) is 0 Å². The van der Waals surface area contributed by atoms with Gasteiger partial charge < -0.3 is 5.32 Å². The van der Waals surface area contributed by atoms with Gasteiger partial charge in [-0.05, 0) is 17.9 Å². The summed E-state index contributed by atoms with van der Waals surface area (Å²) in [4.78, 5) is 1.28. The van der Waals surface area contributed by atoms with Crippen molar-refractivity contribution in [2.45, 2.75) is 19.4 Å². The van der Waals surface area contributed by atoms with Gasteiger partial charge in [-0.25, -0.2) is 12.7 Å². The van der Waals surface area contributed by atoms with Gasteiger partial charge in [0, 0.05) is 42.1 Å². The Hall–Kier alpha value is -0.0800. The second-order valence-electron chi connectivity index (χ2n) is 4.76. The maximum atomic E-state index is 12.2. The number of thiophene rings is 1. The molecule has 0 unspecified atom stereocenters. The average molecular weight is 335 g/mol. The van der Waals surface area contributed by atoms with Gasteiger partial charge in [0.05, 0.1) is 5.75 Å². The molecule has 0 spiro atoms. The van der Waals surface area contributed by atoms with Gasteiger partial charge in [-0.1, -0.05) is 13.0 Å². The van der Waals surface area contributed by atoms with E-state index in [4.69, 9.17) is 0 Å². The molecule has 1 atom stereocenters. The fourth-order valence-corrected chi connectivity index (χ4v) is 5.64. The zero-order chi connectivity index (χ0) is 14.4. The third kappa shape index (κ3) is 4.46. The first-order chi connectivity index (χ1) is 9.63. The molecule has 1 aromatic heterocycles. The van der Waals surface area contributed by atoms with E-state index in [1.807, 2.05) is 17.8 Å². The van der Waals surface area contributed by atoms with Gasteiger partial charge in [-0.15, -0.1) is 11.3 Å². The zero-order valence-corrected chi connectivity index (χ0v) is 14.2. The van der Waals surface area contributed by atoms with E-state index < -0.39 is 10.0 Å². The lowest BCUT2D eigenvalue weighted by Crippen LogP contribution is -2.41. The van der Waals surface area contributed by atoms with E-state index >= 15 is 0 Å². The first-order valence-corrected chi connectivity index (χ1v) is 10.6. The standard InChI is InChI=1S/C13H22N2O2S3/c1-2-12(13-4-3-8-19-13)14-5-11-20(16,17)15-6-9-18-10-7-15/h3-4,8,12,14H,2,5-7,9-11H2,1H3/t12-/m0/s1. The van der Waals surface area contributed by atoms with Crippen molar-refractivity contribution in [1.82, 2.24) is 9.62 Å². The molecule has 1 N–H and O–H groups in total. The molecule has 0 saturated carbocycles. The van der Waals surface area contributed by atoms with Crippen molar-refractivity contribution in [3.63, 3.8) is 0 Å². The summed E-state index contributed by atoms with van der Waals surface area (Å²) in [6.45, 7) is 3.96. The summed E-state index contributed by atoms with van der Waals surface area (Å²) >= 11 is 3.54. The highest BCUT2D eigenvalue weighted by Gasteiger charge is 2.23. The third-order valence-corrected chi connectivity index (χ3v) is 7.21. The molecule has 1 fully saturated rings. The largest absolute Gasteiger partial charge is 0.308 e. The van der Waals surface area contributed by atoms with Gasteiger partial charge >= 0.3 is 0 Å². The number of hydrogen-bond donors (Lipinski definition) is 1. The SMILES string of the molecule is CC[C@H](NCCS(=O)(=O)N1CCSCC1)c1cccs1. The van der Waals surface area contributed by atoms with Crippen LogP contribution in [0.4, 0.5) is 0 Å². The van der Waals surface area contributed by atoms with Crippen molar-refractivity contribution in [2.24, 2.45) is 0 Å². The molecule has 2 rings (SSSR count). The predicted molar refractivity (Wildman–Crippen MR) is 88.0 cm³/mol. The lowest BCUT2D eigenvalue weighted by molar-refractivity contribution is 0.440. The van der Waals surface area contributed by atoms with Crippen LogP contribution in [-0.2, 0) is 10.0 Å². The molecule has 1 aliphatic heterocycles. The number of nitrogens with one attached hydrogen (secondary N) is 1. The Kier molecular flexibility index (Phi) is 6.35. The van der Waals surface area contributed by atoms with Crippen LogP contribution >= 0.6 is 23.1 Å². The molecule has 7 heteroatoms. The molecule has 0 amide bonds.